The first-order valence-corrected chi connectivity index (χ1v) is 6.08. The Hall–Kier alpha value is -0.880. The summed E-state index contributed by atoms with van der Waals surface area (Å²) < 4.78 is 5.75. The van der Waals surface area contributed by atoms with Gasteiger partial charge < -0.3 is 9.58 Å². The van der Waals surface area contributed by atoms with Crippen LogP contribution in [0, 0.1) is 12.0 Å². The number of hydrogen-bond donors (Lipinski definition) is 0. The van der Waals surface area contributed by atoms with Gasteiger partial charge in [0, 0.05) is 12.8 Å². The fourth-order valence-corrected chi connectivity index (χ4v) is 4.08. The van der Waals surface area contributed by atoms with Crippen molar-refractivity contribution in [1.82, 2.24) is 0 Å². The van der Waals surface area contributed by atoms with Crippen molar-refractivity contribution in [3.63, 3.8) is 0 Å². The van der Waals surface area contributed by atoms with Crippen LogP contribution in [0.1, 0.15) is 46.0 Å². The molecular formula is C13H17NO2. The van der Waals surface area contributed by atoms with Gasteiger partial charge in [0.2, 0.25) is 0 Å². The molecule has 0 N–H and O–H groups in total. The molecule has 3 heteroatoms. The summed E-state index contributed by atoms with van der Waals surface area (Å²) in [7, 11) is 0. The van der Waals surface area contributed by atoms with Gasteiger partial charge in [0.15, 0.2) is 17.5 Å². The summed E-state index contributed by atoms with van der Waals surface area (Å²) in [5, 5.41) is 0. The van der Waals surface area contributed by atoms with E-state index in [1.54, 1.807) is 0 Å². The second-order valence-corrected chi connectivity index (χ2v) is 6.09. The summed E-state index contributed by atoms with van der Waals surface area (Å²) >= 11 is 0. The van der Waals surface area contributed by atoms with Gasteiger partial charge in [-0.2, -0.15) is 0 Å². The minimum absolute atomic E-state index is 0.214. The second-order valence-electron chi connectivity index (χ2n) is 6.09. The number of Topliss-reactive ketones (excluding diaryl/α,β-unsaturated/α-hetero) is 1. The van der Waals surface area contributed by atoms with Crippen molar-refractivity contribution < 1.29 is 9.53 Å². The van der Waals surface area contributed by atoms with Crippen molar-refractivity contribution in [2.75, 3.05) is 0 Å². The van der Waals surface area contributed by atoms with E-state index in [9.17, 15) is 4.79 Å². The van der Waals surface area contributed by atoms with Gasteiger partial charge in [-0.1, -0.05) is 13.8 Å². The molecule has 3 atom stereocenters. The molecule has 0 bridgehead atoms. The van der Waals surface area contributed by atoms with E-state index in [2.05, 4.69) is 18.7 Å². The number of hydrogen-bond acceptors (Lipinski definition) is 2. The topological polar surface area (TPSA) is 34.0 Å². The zero-order valence-electron chi connectivity index (χ0n) is 9.88. The highest BCUT2D eigenvalue weighted by molar-refractivity contribution is 5.90. The van der Waals surface area contributed by atoms with Crippen molar-refractivity contribution in [3.8, 4) is 0 Å². The van der Waals surface area contributed by atoms with E-state index in [-0.39, 0.29) is 17.3 Å². The van der Waals surface area contributed by atoms with Crippen LogP contribution in [0.4, 0.5) is 0 Å². The lowest BCUT2D eigenvalue weighted by Gasteiger charge is -2.45. The van der Waals surface area contributed by atoms with E-state index in [0.29, 0.717) is 6.42 Å². The molecule has 0 aromatic carbocycles. The Labute approximate surface area is 96.0 Å². The molecule has 3 nitrogen and oxygen atoms in total. The lowest BCUT2D eigenvalue weighted by Crippen LogP contribution is -2.61. The molecule has 86 valence electrons. The highest BCUT2D eigenvalue weighted by Crippen LogP contribution is 2.66. The van der Waals surface area contributed by atoms with Gasteiger partial charge in [-0.25, -0.2) is 6.57 Å². The number of ether oxygens (including phenoxy) is 1. The van der Waals surface area contributed by atoms with Crippen molar-refractivity contribution in [2.45, 2.75) is 63.2 Å². The smallest absolute Gasteiger partial charge is 0.269 e. The van der Waals surface area contributed by atoms with Crippen LogP contribution in [0.3, 0.4) is 0 Å². The van der Waals surface area contributed by atoms with E-state index >= 15 is 0 Å². The molecule has 3 aliphatic rings. The number of carbonyl (C=O) groups is 1. The zero-order valence-corrected chi connectivity index (χ0v) is 9.88. The molecule has 16 heavy (non-hydrogen) atoms. The van der Waals surface area contributed by atoms with Crippen LogP contribution in [0.15, 0.2) is 0 Å². The van der Waals surface area contributed by atoms with Crippen LogP contribution in [0.5, 0.6) is 0 Å². The van der Waals surface area contributed by atoms with Crippen LogP contribution in [0.2, 0.25) is 0 Å². The summed E-state index contributed by atoms with van der Waals surface area (Å²) in [4.78, 5) is 15.9. The predicted molar refractivity (Wildman–Crippen MR) is 58.8 cm³/mol. The van der Waals surface area contributed by atoms with Gasteiger partial charge in [0.25, 0.3) is 5.54 Å². The Kier molecular flexibility index (Phi) is 1.72. The summed E-state index contributed by atoms with van der Waals surface area (Å²) in [6.07, 6.45) is 4.23. The first kappa shape index (κ1) is 10.3. The number of rotatable bonds is 0. The average molecular weight is 219 g/mol. The van der Waals surface area contributed by atoms with E-state index < -0.39 is 11.1 Å². The summed E-state index contributed by atoms with van der Waals surface area (Å²) in [5.74, 6) is 0.214. The van der Waals surface area contributed by atoms with Gasteiger partial charge in [-0.05, 0) is 19.3 Å². The first-order valence-electron chi connectivity index (χ1n) is 6.08. The van der Waals surface area contributed by atoms with Crippen LogP contribution in [-0.4, -0.2) is 23.0 Å². The zero-order chi connectivity index (χ0) is 11.6. The fraction of sp³-hybridized carbons (Fsp3) is 0.846. The minimum Gasteiger partial charge on any atom is -0.349 e. The molecule has 0 aromatic rings. The number of nitrogens with zero attached hydrogens (tertiary/aromatic N) is 1. The maximum absolute atomic E-state index is 11.9. The highest BCUT2D eigenvalue weighted by atomic mass is 16.6. The Morgan fingerprint density at radius 1 is 1.38 bits per heavy atom. The van der Waals surface area contributed by atoms with Crippen LogP contribution >= 0.6 is 0 Å². The molecule has 3 fully saturated rings. The quantitative estimate of drug-likeness (QED) is 0.463. The average Bonchev–Trinajstić information content (AvgIpc) is 2.93. The second kappa shape index (κ2) is 2.68. The van der Waals surface area contributed by atoms with Gasteiger partial charge in [0.1, 0.15) is 0 Å². The van der Waals surface area contributed by atoms with Crippen molar-refractivity contribution in [3.05, 3.63) is 11.4 Å². The van der Waals surface area contributed by atoms with Gasteiger partial charge in [-0.3, -0.25) is 4.79 Å². The number of ketones is 1. The van der Waals surface area contributed by atoms with E-state index in [4.69, 9.17) is 11.3 Å². The van der Waals surface area contributed by atoms with E-state index in [0.717, 1.165) is 25.7 Å². The maximum Gasteiger partial charge on any atom is 0.269 e. The molecule has 3 rings (SSSR count). The van der Waals surface area contributed by atoms with Crippen LogP contribution in [-0.2, 0) is 9.53 Å². The minimum atomic E-state index is -0.448. The molecule has 2 aliphatic carbocycles. The molecule has 0 radical (unpaired) electrons. The maximum atomic E-state index is 11.9. The Balaban J connectivity index is 2.14. The molecule has 0 aromatic heterocycles. The molecule has 1 saturated heterocycles. The largest absolute Gasteiger partial charge is 0.349 e. The SMILES string of the molecule is [C-]#[N+][C@]12CCCC[C@]13O[C@@H]3C(=O)CC2(C)C. The highest BCUT2D eigenvalue weighted by Gasteiger charge is 2.83. The van der Waals surface area contributed by atoms with Gasteiger partial charge >= 0.3 is 0 Å². The Morgan fingerprint density at radius 3 is 2.75 bits per heavy atom. The predicted octanol–water partition coefficient (Wildman–Crippen LogP) is 2.36. The monoisotopic (exact) mass is 219 g/mol. The van der Waals surface area contributed by atoms with Crippen LogP contribution in [0.25, 0.3) is 4.85 Å². The number of carbonyl (C=O) groups excluding carboxylic acids is 1. The van der Waals surface area contributed by atoms with Gasteiger partial charge in [-0.15, -0.1) is 0 Å². The summed E-state index contributed by atoms with van der Waals surface area (Å²) in [5.41, 5.74) is -1.10. The van der Waals surface area contributed by atoms with Crippen molar-refractivity contribution >= 4 is 5.78 Å². The lowest BCUT2D eigenvalue weighted by molar-refractivity contribution is -0.125. The fourth-order valence-electron chi connectivity index (χ4n) is 4.08. The summed E-state index contributed by atoms with van der Waals surface area (Å²) in [6, 6.07) is 0. The van der Waals surface area contributed by atoms with Crippen LogP contribution < -0.4 is 0 Å². The third kappa shape index (κ3) is 0.868. The van der Waals surface area contributed by atoms with Gasteiger partial charge in [0.05, 0.1) is 5.41 Å². The number of epoxide rings is 1. The third-order valence-electron chi connectivity index (χ3n) is 4.95. The Bertz CT molecular complexity index is 409. The molecule has 0 unspecified atom stereocenters. The first-order chi connectivity index (χ1) is 7.49. The van der Waals surface area contributed by atoms with Crippen molar-refractivity contribution in [2.24, 2.45) is 5.41 Å². The molecule has 0 amide bonds. The van der Waals surface area contributed by atoms with E-state index in [1.165, 1.54) is 0 Å². The normalized spacial score (nSPS) is 48.8. The Morgan fingerprint density at radius 2 is 2.06 bits per heavy atom. The van der Waals surface area contributed by atoms with E-state index in [1.807, 2.05) is 0 Å². The molecular weight excluding hydrogens is 202 g/mol. The third-order valence-corrected chi connectivity index (χ3v) is 4.95. The standard InChI is InChI=1S/C13H17NO2/c1-11(2)8-9(15)10-12(16-10)6-4-5-7-13(11,12)14-3/h10H,4-8H2,1-2H3/t10-,12-,13+/m1/s1. The molecule has 1 heterocycles. The lowest BCUT2D eigenvalue weighted by atomic mass is 9.53. The molecule has 1 spiro atoms. The molecule has 1 aliphatic heterocycles. The summed E-state index contributed by atoms with van der Waals surface area (Å²) in [6.45, 7) is 11.7. The molecule has 2 saturated carbocycles. The van der Waals surface area contributed by atoms with Crippen molar-refractivity contribution in [1.29, 1.82) is 0 Å².